The number of aromatic nitrogens is 1. The smallest absolute Gasteiger partial charge is 0.319 e. The summed E-state index contributed by atoms with van der Waals surface area (Å²) in [6.45, 7) is 11.7. The molecule has 1 N–H and O–H groups in total. The molecule has 2 fully saturated rings. The lowest BCUT2D eigenvalue weighted by atomic mass is 9.75. The van der Waals surface area contributed by atoms with E-state index in [2.05, 4.69) is 17.2 Å². The van der Waals surface area contributed by atoms with Crippen LogP contribution in [-0.2, 0) is 28.6 Å². The van der Waals surface area contributed by atoms with Gasteiger partial charge in [-0.2, -0.15) is 0 Å². The summed E-state index contributed by atoms with van der Waals surface area (Å²) in [5.74, 6) is -1.90. The number of fused-ring (bicyclic) bond motifs is 1. The number of Topliss-reactive ketones (excluding diaryl/α,β-unsaturated/α-hetero) is 1. The molecule has 3 heterocycles. The van der Waals surface area contributed by atoms with Gasteiger partial charge in [0, 0.05) is 48.6 Å². The summed E-state index contributed by atoms with van der Waals surface area (Å²) < 4.78 is 29.5. The number of carbonyl (C=O) groups excluding carboxylic acids is 4. The molecule has 0 bridgehead atoms. The molecular formula is C38H50Cl2N2O9S. The first-order valence-electron chi connectivity index (χ1n) is 17.7. The number of ether oxygens (including phenoxy) is 5. The molecule has 0 spiro atoms. The van der Waals surface area contributed by atoms with Crippen molar-refractivity contribution in [2.45, 2.75) is 90.3 Å². The van der Waals surface area contributed by atoms with Gasteiger partial charge in [-0.15, -0.1) is 11.8 Å². The lowest BCUT2D eigenvalue weighted by Crippen LogP contribution is -2.44. The third kappa shape index (κ3) is 9.92. The number of carbonyl (C=O) groups is 4. The zero-order valence-corrected chi connectivity index (χ0v) is 33.4. The van der Waals surface area contributed by atoms with Crippen LogP contribution in [0.1, 0.15) is 77.6 Å². The van der Waals surface area contributed by atoms with E-state index in [1.165, 1.54) is 37.3 Å². The summed E-state index contributed by atoms with van der Waals surface area (Å²) >= 11 is 13.7. The van der Waals surface area contributed by atoms with Crippen molar-refractivity contribution >= 4 is 64.3 Å². The molecule has 1 aromatic heterocycles. The quantitative estimate of drug-likeness (QED) is 0.188. The first kappa shape index (κ1) is 41.7. The van der Waals surface area contributed by atoms with E-state index in [0.29, 0.717) is 42.9 Å². The highest BCUT2D eigenvalue weighted by Crippen LogP contribution is 2.43. The minimum absolute atomic E-state index is 0.00635. The molecule has 9 atom stereocenters. The third-order valence-electron chi connectivity index (χ3n) is 10.1. The van der Waals surface area contributed by atoms with E-state index in [-0.39, 0.29) is 57.4 Å². The lowest BCUT2D eigenvalue weighted by Gasteiger charge is -2.36. The number of pyridine rings is 1. The number of nitrogens with one attached hydrogen (secondary N) is 1. The predicted molar refractivity (Wildman–Crippen MR) is 201 cm³/mol. The van der Waals surface area contributed by atoms with Crippen LogP contribution in [0.4, 0.5) is 5.69 Å². The summed E-state index contributed by atoms with van der Waals surface area (Å²) in [6.07, 6.45) is 3.48. The van der Waals surface area contributed by atoms with Crippen molar-refractivity contribution in [2.75, 3.05) is 31.9 Å². The maximum atomic E-state index is 14.1. The molecule has 4 rings (SSSR count). The fourth-order valence-corrected chi connectivity index (χ4v) is 9.13. The lowest BCUT2D eigenvalue weighted by molar-refractivity contribution is -0.168. The van der Waals surface area contributed by atoms with Crippen LogP contribution in [-0.4, -0.2) is 78.3 Å². The minimum Gasteiger partial charge on any atom is -0.493 e. The van der Waals surface area contributed by atoms with E-state index < -0.39 is 46.8 Å². The van der Waals surface area contributed by atoms with Crippen molar-refractivity contribution in [3.8, 4) is 11.5 Å². The highest BCUT2D eigenvalue weighted by Gasteiger charge is 2.53. The Kier molecular flexibility index (Phi) is 14.7. The Morgan fingerprint density at radius 1 is 1.00 bits per heavy atom. The molecule has 11 nitrogen and oxygen atoms in total. The number of amides is 1. The topological polar surface area (TPSA) is 139 Å². The summed E-state index contributed by atoms with van der Waals surface area (Å²) in [5.41, 5.74) is -0.0697. The molecule has 0 saturated carbocycles. The summed E-state index contributed by atoms with van der Waals surface area (Å²) in [5, 5.41) is 2.37. The van der Waals surface area contributed by atoms with Crippen LogP contribution in [0.15, 0.2) is 30.6 Å². The van der Waals surface area contributed by atoms with E-state index in [1.807, 2.05) is 34.6 Å². The number of cyclic esters (lactones) is 1. The average Bonchev–Trinajstić information content (AvgIpc) is 3.44. The molecule has 2 aliphatic rings. The molecule has 14 heteroatoms. The molecule has 1 amide bonds. The van der Waals surface area contributed by atoms with Gasteiger partial charge in [0.15, 0.2) is 11.5 Å². The van der Waals surface area contributed by atoms with E-state index in [9.17, 15) is 19.2 Å². The average molecular weight is 782 g/mol. The van der Waals surface area contributed by atoms with Gasteiger partial charge in [-0.1, -0.05) is 57.8 Å². The second-order valence-corrected chi connectivity index (χ2v) is 16.3. The van der Waals surface area contributed by atoms with Crippen LogP contribution >= 0.6 is 35.0 Å². The van der Waals surface area contributed by atoms with Gasteiger partial charge in [-0.3, -0.25) is 24.2 Å². The highest BCUT2D eigenvalue weighted by atomic mass is 35.5. The Labute approximate surface area is 320 Å². The summed E-state index contributed by atoms with van der Waals surface area (Å²) in [7, 11) is 3.14. The zero-order chi connectivity index (χ0) is 38.3. The number of nitrogens with zero attached hydrogens (tertiary/aromatic N) is 1. The number of hydrogen-bond donors (Lipinski definition) is 1. The maximum absolute atomic E-state index is 14.1. The number of thioether (sulfide) groups is 1. The minimum atomic E-state index is -0.787. The maximum Gasteiger partial charge on any atom is 0.319 e. The Bertz CT molecular complexity index is 1590. The molecule has 0 radical (unpaired) electrons. The Morgan fingerprint density at radius 2 is 1.69 bits per heavy atom. The van der Waals surface area contributed by atoms with Gasteiger partial charge < -0.3 is 29.0 Å². The number of ketones is 1. The molecule has 1 aromatic carbocycles. The van der Waals surface area contributed by atoms with Crippen molar-refractivity contribution in [1.29, 1.82) is 0 Å². The van der Waals surface area contributed by atoms with Crippen LogP contribution in [0.5, 0.6) is 11.5 Å². The van der Waals surface area contributed by atoms with E-state index in [4.69, 9.17) is 46.9 Å². The van der Waals surface area contributed by atoms with Gasteiger partial charge in [-0.05, 0) is 56.7 Å². The number of rotatable bonds is 10. The molecule has 2 aromatic rings. The highest BCUT2D eigenvalue weighted by molar-refractivity contribution is 8.00. The van der Waals surface area contributed by atoms with E-state index in [0.717, 1.165) is 0 Å². The van der Waals surface area contributed by atoms with Gasteiger partial charge >= 0.3 is 11.9 Å². The zero-order valence-electron chi connectivity index (χ0n) is 31.0. The first-order valence-corrected chi connectivity index (χ1v) is 19.5. The first-order chi connectivity index (χ1) is 24.6. The Balaban J connectivity index is 1.53. The number of hydrogen-bond acceptors (Lipinski definition) is 11. The van der Waals surface area contributed by atoms with Gasteiger partial charge in [0.1, 0.15) is 23.2 Å². The van der Waals surface area contributed by atoms with E-state index >= 15 is 0 Å². The summed E-state index contributed by atoms with van der Waals surface area (Å²) in [4.78, 5) is 58.0. The SMILES string of the molecule is CC[C@H]1OC(=O)C(C)C[C@H](C)CC(C)(OC)C[C@@H](C)C(=O)C(C)C2C(SCCOc3cc(C(=O)Nc4c(Cl)cncc4Cl)ccc3OC)C(=O)O[C@H]21. The molecular weight excluding hydrogens is 731 g/mol. The number of methoxy groups -OCH3 is 2. The number of anilines is 1. The number of halogens is 2. The van der Waals surface area contributed by atoms with Crippen molar-refractivity contribution in [3.63, 3.8) is 0 Å². The molecule has 52 heavy (non-hydrogen) atoms. The second kappa shape index (κ2) is 18.3. The van der Waals surface area contributed by atoms with Crippen molar-refractivity contribution in [1.82, 2.24) is 4.98 Å². The molecule has 0 aliphatic carbocycles. The Hall–Kier alpha value is -3.06. The van der Waals surface area contributed by atoms with Crippen molar-refractivity contribution < 1.29 is 42.9 Å². The normalized spacial score (nSPS) is 30.1. The second-order valence-electron chi connectivity index (χ2n) is 14.2. The van der Waals surface area contributed by atoms with Crippen LogP contribution in [0.3, 0.4) is 0 Å². The van der Waals surface area contributed by atoms with Gasteiger partial charge in [-0.25, -0.2) is 0 Å². The van der Waals surface area contributed by atoms with Gasteiger partial charge in [0.2, 0.25) is 0 Å². The van der Waals surface area contributed by atoms with Crippen LogP contribution in [0.2, 0.25) is 10.0 Å². The third-order valence-corrected chi connectivity index (χ3v) is 11.9. The van der Waals surface area contributed by atoms with Gasteiger partial charge in [0.05, 0.1) is 41.0 Å². The fraction of sp³-hybridized carbons (Fsp3) is 0.605. The largest absolute Gasteiger partial charge is 0.493 e. The monoisotopic (exact) mass is 780 g/mol. The fourth-order valence-electron chi connectivity index (χ4n) is 7.44. The van der Waals surface area contributed by atoms with Crippen molar-refractivity contribution in [3.05, 3.63) is 46.2 Å². The molecule has 2 saturated heterocycles. The van der Waals surface area contributed by atoms with Crippen molar-refractivity contribution in [2.24, 2.45) is 29.6 Å². The van der Waals surface area contributed by atoms with Crippen LogP contribution in [0, 0.1) is 29.6 Å². The standard InChI is InChI=1S/C38H50Cl2N2O9S/c1-9-27-33-30(23(5)32(43)22(4)17-38(6,48-8)16-20(2)14-21(3)36(45)50-27)34(37(46)51-33)52-13-12-49-29-15-24(10-11-28(29)47-7)35(44)42-31-25(39)18-41-19-26(31)40/h10-11,15,18-23,27,30,33-34H,9,12-14,16-17H2,1-8H3,(H,41,42,44)/t20-,21?,22+,23?,27+,30?,33-,34?,38?/m0/s1. The van der Waals surface area contributed by atoms with Crippen LogP contribution < -0.4 is 14.8 Å². The van der Waals surface area contributed by atoms with Crippen LogP contribution in [0.25, 0.3) is 0 Å². The van der Waals surface area contributed by atoms with Gasteiger partial charge in [0.25, 0.3) is 5.91 Å². The summed E-state index contributed by atoms with van der Waals surface area (Å²) in [6, 6.07) is 4.72. The predicted octanol–water partition coefficient (Wildman–Crippen LogP) is 7.70. The Morgan fingerprint density at radius 3 is 2.33 bits per heavy atom. The molecule has 2 aliphatic heterocycles. The number of benzene rings is 1. The molecule has 286 valence electrons. The number of esters is 2. The van der Waals surface area contributed by atoms with E-state index in [1.54, 1.807) is 19.2 Å². The molecule has 5 unspecified atom stereocenters.